The van der Waals surface area contributed by atoms with Gasteiger partial charge in [0.15, 0.2) is 0 Å². The molecule has 0 aliphatic carbocycles. The van der Waals surface area contributed by atoms with Crippen molar-refractivity contribution in [3.63, 3.8) is 0 Å². The molecule has 1 fully saturated rings. The predicted molar refractivity (Wildman–Crippen MR) is 127 cm³/mol. The summed E-state index contributed by atoms with van der Waals surface area (Å²) >= 11 is 0. The average molecular weight is 436 g/mol. The number of nitrogens with zero attached hydrogens (tertiary/aromatic N) is 4. The molecule has 32 heavy (non-hydrogen) atoms. The summed E-state index contributed by atoms with van der Waals surface area (Å²) in [4.78, 5) is 23.1. The Morgan fingerprint density at radius 3 is 2.81 bits per heavy atom. The molecule has 4 rings (SSSR count). The summed E-state index contributed by atoms with van der Waals surface area (Å²) in [5, 5.41) is 0. The minimum atomic E-state index is -0.456. The fraction of sp³-hybridized carbons (Fsp3) is 0.440. The van der Waals surface area contributed by atoms with E-state index in [1.165, 1.54) is 11.1 Å². The number of carbonyl (C=O) groups excluding carboxylic acids is 1. The lowest BCUT2D eigenvalue weighted by Crippen LogP contribution is -2.47. The molecule has 0 spiro atoms. The molecule has 1 saturated heterocycles. The number of unbranched alkanes of at least 4 members (excludes halogenated alkanes) is 1. The Hall–Kier alpha value is -3.06. The molecule has 1 unspecified atom stereocenters. The normalized spacial score (nSPS) is 20.1. The van der Waals surface area contributed by atoms with Gasteiger partial charge in [-0.1, -0.05) is 38.1 Å². The zero-order valence-corrected chi connectivity index (χ0v) is 19.1. The van der Waals surface area contributed by atoms with Crippen molar-refractivity contribution in [2.24, 2.45) is 10.7 Å². The third-order valence-corrected chi connectivity index (χ3v) is 6.43. The first-order valence-corrected chi connectivity index (χ1v) is 11.5. The van der Waals surface area contributed by atoms with E-state index in [1.807, 2.05) is 12.3 Å². The van der Waals surface area contributed by atoms with E-state index in [-0.39, 0.29) is 0 Å². The van der Waals surface area contributed by atoms with Crippen molar-refractivity contribution in [3.8, 4) is 5.75 Å². The summed E-state index contributed by atoms with van der Waals surface area (Å²) in [5.74, 6) is 1.41. The summed E-state index contributed by atoms with van der Waals surface area (Å²) in [6, 6.07) is 6.96. The Kier molecular flexibility index (Phi) is 6.65. The van der Waals surface area contributed by atoms with Crippen LogP contribution in [0.5, 0.6) is 5.75 Å². The number of piperazine rings is 1. The second-order valence-corrected chi connectivity index (χ2v) is 8.51. The van der Waals surface area contributed by atoms with Crippen LogP contribution < -0.4 is 10.5 Å². The average Bonchev–Trinajstić information content (AvgIpc) is 3.28. The van der Waals surface area contributed by atoms with Gasteiger partial charge in [-0.3, -0.25) is 9.69 Å². The lowest BCUT2D eigenvalue weighted by molar-refractivity contribution is -0.115. The summed E-state index contributed by atoms with van der Waals surface area (Å²) < 4.78 is 5.75. The van der Waals surface area contributed by atoms with E-state index in [4.69, 9.17) is 10.5 Å². The second kappa shape index (κ2) is 9.61. The van der Waals surface area contributed by atoms with Gasteiger partial charge >= 0.3 is 0 Å². The maximum Gasteiger partial charge on any atom is 0.265 e. The summed E-state index contributed by atoms with van der Waals surface area (Å²) in [7, 11) is 0. The van der Waals surface area contributed by atoms with Crippen LogP contribution in [0.2, 0.25) is 0 Å². The predicted octanol–water partition coefficient (Wildman–Crippen LogP) is 3.17. The number of aliphatic imine (C=N–C) groups is 1. The van der Waals surface area contributed by atoms with E-state index in [0.717, 1.165) is 63.6 Å². The molecule has 7 nitrogen and oxygen atoms in total. The number of rotatable bonds is 7. The van der Waals surface area contributed by atoms with Crippen LogP contribution in [0.15, 0.2) is 59.3 Å². The molecule has 1 atom stereocenters. The largest absolute Gasteiger partial charge is 0.493 e. The molecule has 170 valence electrons. The minimum absolute atomic E-state index is 0.324. The van der Waals surface area contributed by atoms with Crippen molar-refractivity contribution < 1.29 is 9.53 Å². The van der Waals surface area contributed by atoms with Crippen molar-refractivity contribution in [1.29, 1.82) is 0 Å². The first-order chi connectivity index (χ1) is 15.5. The van der Waals surface area contributed by atoms with E-state index in [2.05, 4.69) is 53.4 Å². The smallest absolute Gasteiger partial charge is 0.265 e. The van der Waals surface area contributed by atoms with Crippen LogP contribution in [-0.2, 0) is 11.2 Å². The zero-order valence-electron chi connectivity index (χ0n) is 19.1. The van der Waals surface area contributed by atoms with E-state index in [0.29, 0.717) is 17.4 Å². The molecule has 2 N–H and O–H groups in total. The maximum absolute atomic E-state index is 12.0. The highest BCUT2D eigenvalue weighted by atomic mass is 16.5. The third-order valence-electron chi connectivity index (χ3n) is 6.43. The summed E-state index contributed by atoms with van der Waals surface area (Å²) in [6.07, 6.45) is 8.20. The van der Waals surface area contributed by atoms with Gasteiger partial charge in [-0.05, 0) is 30.5 Å². The van der Waals surface area contributed by atoms with Crippen LogP contribution >= 0.6 is 0 Å². The molecule has 1 aromatic rings. The third kappa shape index (κ3) is 4.58. The van der Waals surface area contributed by atoms with Crippen LogP contribution in [0.25, 0.3) is 0 Å². The zero-order chi connectivity index (χ0) is 22.7. The van der Waals surface area contributed by atoms with E-state index < -0.39 is 5.91 Å². The topological polar surface area (TPSA) is 74.4 Å². The SMILES string of the molecule is C=C1C=NC(N2CCN(C(C)c3ccc4c(c3)OCC4)CC2)=CN1/C(=C\CCC)C(N)=O. The molecule has 3 aliphatic heterocycles. The Labute approximate surface area is 190 Å². The molecule has 1 aromatic carbocycles. The molecule has 1 amide bonds. The number of hydrogen-bond donors (Lipinski definition) is 1. The Balaban J connectivity index is 1.42. The molecular weight excluding hydrogens is 402 g/mol. The van der Waals surface area contributed by atoms with Crippen LogP contribution in [0.3, 0.4) is 0 Å². The van der Waals surface area contributed by atoms with Gasteiger partial charge in [0.2, 0.25) is 0 Å². The quantitative estimate of drug-likeness (QED) is 0.666. The van der Waals surface area contributed by atoms with Gasteiger partial charge in [-0.25, -0.2) is 4.99 Å². The van der Waals surface area contributed by atoms with Gasteiger partial charge < -0.3 is 20.3 Å². The highest BCUT2D eigenvalue weighted by Crippen LogP contribution is 2.31. The van der Waals surface area contributed by atoms with Gasteiger partial charge in [0.1, 0.15) is 17.3 Å². The summed E-state index contributed by atoms with van der Waals surface area (Å²) in [6.45, 7) is 12.7. The van der Waals surface area contributed by atoms with E-state index in [1.54, 1.807) is 11.1 Å². The maximum atomic E-state index is 12.0. The Bertz CT molecular complexity index is 973. The molecule has 0 saturated carbocycles. The van der Waals surface area contributed by atoms with E-state index in [9.17, 15) is 4.79 Å². The lowest BCUT2D eigenvalue weighted by Gasteiger charge is -2.40. The van der Waals surface area contributed by atoms with Gasteiger partial charge in [0.05, 0.1) is 24.7 Å². The standard InChI is InChI=1S/C25H33N5O2/c1-4-5-6-22(25(26)31)30-17-24(27-16-18(30)2)29-12-10-28(11-13-29)19(3)21-8-7-20-9-14-32-23(20)15-21/h6-8,15-17,19H,2,4-5,9-14H2,1,3H3,(H2,26,31)/b22-6-. The monoisotopic (exact) mass is 435 g/mol. The van der Waals surface area contributed by atoms with Crippen LogP contribution in [0, 0.1) is 0 Å². The van der Waals surface area contributed by atoms with Crippen molar-refractivity contribution in [3.05, 3.63) is 65.4 Å². The van der Waals surface area contributed by atoms with Crippen LogP contribution in [-0.4, -0.2) is 59.6 Å². The number of amides is 1. The number of carbonyl (C=O) groups is 1. The van der Waals surface area contributed by atoms with Gasteiger partial charge in [-0.2, -0.15) is 0 Å². The number of fused-ring (bicyclic) bond motifs is 1. The first-order valence-electron chi connectivity index (χ1n) is 11.5. The van der Waals surface area contributed by atoms with E-state index >= 15 is 0 Å². The molecule has 7 heteroatoms. The van der Waals surface area contributed by atoms with Gasteiger partial charge in [0.25, 0.3) is 5.91 Å². The number of hydrogen-bond acceptors (Lipinski definition) is 6. The molecule has 3 aliphatic rings. The lowest BCUT2D eigenvalue weighted by atomic mass is 10.0. The molecule has 0 bridgehead atoms. The molecule has 0 aromatic heterocycles. The fourth-order valence-electron chi connectivity index (χ4n) is 4.41. The fourth-order valence-corrected chi connectivity index (χ4v) is 4.41. The molecule has 0 radical (unpaired) electrons. The highest BCUT2D eigenvalue weighted by Gasteiger charge is 2.26. The number of benzene rings is 1. The highest BCUT2D eigenvalue weighted by molar-refractivity contribution is 5.94. The van der Waals surface area contributed by atoms with Crippen molar-refractivity contribution in [1.82, 2.24) is 14.7 Å². The Morgan fingerprint density at radius 2 is 2.09 bits per heavy atom. The number of nitrogens with two attached hydrogens (primary N) is 1. The molecule has 3 heterocycles. The second-order valence-electron chi connectivity index (χ2n) is 8.51. The Morgan fingerprint density at radius 1 is 1.31 bits per heavy atom. The van der Waals surface area contributed by atoms with Gasteiger partial charge in [0, 0.05) is 38.6 Å². The molecular formula is C25H33N5O2. The summed E-state index contributed by atoms with van der Waals surface area (Å²) in [5.41, 5.74) is 9.34. The van der Waals surface area contributed by atoms with Crippen molar-refractivity contribution >= 4 is 12.1 Å². The van der Waals surface area contributed by atoms with Crippen LogP contribution in [0.4, 0.5) is 0 Å². The number of allylic oxidation sites excluding steroid dienone is 2. The van der Waals surface area contributed by atoms with Crippen molar-refractivity contribution in [2.75, 3.05) is 32.8 Å². The number of primary amides is 1. The minimum Gasteiger partial charge on any atom is -0.493 e. The van der Waals surface area contributed by atoms with Crippen molar-refractivity contribution in [2.45, 2.75) is 39.2 Å². The first kappa shape index (κ1) is 22.1. The van der Waals surface area contributed by atoms with Crippen LogP contribution in [0.1, 0.15) is 43.9 Å². The van der Waals surface area contributed by atoms with Gasteiger partial charge in [-0.15, -0.1) is 0 Å². The number of ether oxygens (including phenoxy) is 1.